The van der Waals surface area contributed by atoms with Gasteiger partial charge in [0.25, 0.3) is 0 Å². The molecule has 2 aliphatic carbocycles. The first-order valence-electron chi connectivity index (χ1n) is 17.4. The molecule has 2 aliphatic heterocycles. The summed E-state index contributed by atoms with van der Waals surface area (Å²) >= 11 is 6.47. The van der Waals surface area contributed by atoms with E-state index < -0.39 is 19.7 Å². The van der Waals surface area contributed by atoms with E-state index >= 15 is 4.39 Å². The standard InChI is InChI=1S/C36H53ClFN3O5Si/c1-20(2)31-29-28(24(18-44-25-13-11-12-16-43-25)41(21-14-15-21)32(29)30(38)33(37)39-31)27-22-17-40(34(42)46-35(3,4)5)23(26(22)27)19-45-47(9,10)36(6,7)8/h21-23,25-27H,1,11-19H2,2-10H3/t22-,23+,25?,26-,27+/m0/s1. The van der Waals surface area contributed by atoms with Crippen LogP contribution in [0.3, 0.4) is 0 Å². The molecular formula is C36H53ClFN3O5Si. The van der Waals surface area contributed by atoms with E-state index in [0.717, 1.165) is 54.3 Å². The Balaban J connectivity index is 1.44. The third kappa shape index (κ3) is 6.66. The maximum atomic E-state index is 16.2. The number of nitrogens with zero attached hydrogens (tertiary/aromatic N) is 3. The number of fused-ring (bicyclic) bond motifs is 2. The molecule has 0 spiro atoms. The molecule has 2 aromatic rings. The highest BCUT2D eigenvalue weighted by Gasteiger charge is 2.65. The Kier molecular flexibility index (Phi) is 9.21. The molecule has 4 fully saturated rings. The second-order valence-corrected chi connectivity index (χ2v) is 21.8. The third-order valence-electron chi connectivity index (χ3n) is 10.9. The van der Waals surface area contributed by atoms with Crippen LogP contribution in [-0.2, 0) is 25.2 Å². The van der Waals surface area contributed by atoms with Crippen molar-refractivity contribution in [3.8, 4) is 0 Å². The number of allylic oxidation sites excluding steroid dienone is 1. The van der Waals surface area contributed by atoms with E-state index in [0.29, 0.717) is 37.6 Å². The Hall–Kier alpha value is -1.98. The van der Waals surface area contributed by atoms with Crippen molar-refractivity contribution in [2.75, 3.05) is 19.8 Å². The van der Waals surface area contributed by atoms with Gasteiger partial charge in [0.15, 0.2) is 25.6 Å². The molecule has 260 valence electrons. The molecule has 0 aromatic carbocycles. The van der Waals surface area contributed by atoms with Gasteiger partial charge in [0.1, 0.15) is 5.60 Å². The Bertz CT molecular complexity index is 1550. The molecule has 6 rings (SSSR count). The van der Waals surface area contributed by atoms with Crippen LogP contribution >= 0.6 is 11.6 Å². The fourth-order valence-corrected chi connectivity index (χ4v) is 8.55. The average molecular weight is 690 g/mol. The van der Waals surface area contributed by atoms with Crippen LogP contribution in [-0.4, -0.2) is 66.6 Å². The number of amides is 1. The van der Waals surface area contributed by atoms with E-state index in [9.17, 15) is 4.79 Å². The number of rotatable bonds is 9. The van der Waals surface area contributed by atoms with Crippen LogP contribution in [0, 0.1) is 17.7 Å². The topological polar surface area (TPSA) is 75.1 Å². The van der Waals surface area contributed by atoms with Crippen molar-refractivity contribution in [2.45, 2.75) is 135 Å². The number of hydrogen-bond acceptors (Lipinski definition) is 6. The van der Waals surface area contributed by atoms with Crippen LogP contribution in [0.15, 0.2) is 6.58 Å². The largest absolute Gasteiger partial charge is 0.444 e. The molecule has 4 heterocycles. The number of hydrogen-bond donors (Lipinski definition) is 0. The summed E-state index contributed by atoms with van der Waals surface area (Å²) in [6.07, 6.45) is 4.25. The quantitative estimate of drug-likeness (QED) is 0.193. The van der Waals surface area contributed by atoms with Crippen molar-refractivity contribution in [1.82, 2.24) is 14.5 Å². The Morgan fingerprint density at radius 2 is 1.85 bits per heavy atom. The van der Waals surface area contributed by atoms with Gasteiger partial charge in [-0.25, -0.2) is 14.2 Å². The highest BCUT2D eigenvalue weighted by atomic mass is 35.5. The molecule has 0 N–H and O–H groups in total. The minimum absolute atomic E-state index is 0.0208. The molecule has 5 atom stereocenters. The van der Waals surface area contributed by atoms with Gasteiger partial charge in [0, 0.05) is 30.3 Å². The lowest BCUT2D eigenvalue weighted by Gasteiger charge is -2.39. The molecule has 2 saturated carbocycles. The Morgan fingerprint density at radius 1 is 1.15 bits per heavy atom. The zero-order chi connectivity index (χ0) is 34.2. The lowest BCUT2D eigenvalue weighted by Crippen LogP contribution is -2.48. The lowest BCUT2D eigenvalue weighted by molar-refractivity contribution is -0.169. The van der Waals surface area contributed by atoms with Crippen LogP contribution in [0.5, 0.6) is 0 Å². The molecule has 0 radical (unpaired) electrons. The number of halogens is 2. The van der Waals surface area contributed by atoms with Crippen LogP contribution in [0.1, 0.15) is 109 Å². The zero-order valence-electron chi connectivity index (χ0n) is 29.7. The summed E-state index contributed by atoms with van der Waals surface area (Å²) in [6.45, 7) is 24.9. The van der Waals surface area contributed by atoms with Gasteiger partial charge >= 0.3 is 6.09 Å². The van der Waals surface area contributed by atoms with E-state index in [2.05, 4.69) is 50.0 Å². The number of pyridine rings is 1. The number of piperidine rings is 1. The fourth-order valence-electron chi connectivity index (χ4n) is 7.36. The lowest BCUT2D eigenvalue weighted by atomic mass is 9.97. The fraction of sp³-hybridized carbons (Fsp3) is 0.722. The molecule has 4 aliphatic rings. The Morgan fingerprint density at radius 3 is 2.43 bits per heavy atom. The molecule has 2 saturated heterocycles. The van der Waals surface area contributed by atoms with Gasteiger partial charge in [-0.1, -0.05) is 39.0 Å². The van der Waals surface area contributed by atoms with Gasteiger partial charge in [0.05, 0.1) is 30.5 Å². The van der Waals surface area contributed by atoms with E-state index in [1.807, 2.05) is 32.6 Å². The van der Waals surface area contributed by atoms with E-state index in [-0.39, 0.29) is 52.4 Å². The smallest absolute Gasteiger partial charge is 0.410 e. The molecule has 47 heavy (non-hydrogen) atoms. The van der Waals surface area contributed by atoms with E-state index in [4.69, 9.17) is 30.2 Å². The van der Waals surface area contributed by atoms with Crippen molar-refractivity contribution in [3.63, 3.8) is 0 Å². The second-order valence-electron chi connectivity index (χ2n) is 16.7. The molecule has 11 heteroatoms. The van der Waals surface area contributed by atoms with Gasteiger partial charge in [-0.05, 0) is 107 Å². The van der Waals surface area contributed by atoms with Crippen molar-refractivity contribution in [2.24, 2.45) is 11.8 Å². The average Bonchev–Trinajstić information content (AvgIpc) is 3.87. The summed E-state index contributed by atoms with van der Waals surface area (Å²) in [6, 6.07) is -0.0141. The number of carbonyl (C=O) groups is 1. The van der Waals surface area contributed by atoms with Gasteiger partial charge < -0.3 is 28.1 Å². The Labute approximate surface area is 285 Å². The van der Waals surface area contributed by atoms with Gasteiger partial charge in [-0.3, -0.25) is 0 Å². The SMILES string of the molecule is C=C(C)c1nc(Cl)c(F)c2c1c([C@@H]1[C@H]3CN(C(=O)OC(C)(C)C)[C@H](CO[Si](C)(C)C(C)(C)C)[C@H]31)c(COC1CCCCO1)n2C1CC1. The number of aromatic nitrogens is 2. The number of carbonyl (C=O) groups excluding carboxylic acids is 1. The maximum Gasteiger partial charge on any atom is 0.410 e. The first kappa shape index (κ1) is 34.9. The second kappa shape index (κ2) is 12.4. The first-order chi connectivity index (χ1) is 21.9. The van der Waals surface area contributed by atoms with Gasteiger partial charge in [-0.2, -0.15) is 0 Å². The van der Waals surface area contributed by atoms with Gasteiger partial charge in [-0.15, -0.1) is 0 Å². The van der Waals surface area contributed by atoms with Crippen LogP contribution < -0.4 is 0 Å². The maximum absolute atomic E-state index is 16.2. The molecule has 0 bridgehead atoms. The van der Waals surface area contributed by atoms with E-state index in [1.165, 1.54) is 0 Å². The molecule has 8 nitrogen and oxygen atoms in total. The summed E-state index contributed by atoms with van der Waals surface area (Å²) in [5, 5.41) is 0.659. The van der Waals surface area contributed by atoms with Crippen LogP contribution in [0.25, 0.3) is 16.5 Å². The third-order valence-corrected chi connectivity index (χ3v) is 15.7. The molecule has 1 amide bonds. The van der Waals surface area contributed by atoms with Crippen molar-refractivity contribution in [1.29, 1.82) is 0 Å². The summed E-state index contributed by atoms with van der Waals surface area (Å²) in [5.41, 5.74) is 3.25. The molecule has 2 aromatic heterocycles. The summed E-state index contributed by atoms with van der Waals surface area (Å²) in [4.78, 5) is 20.1. The first-order valence-corrected chi connectivity index (χ1v) is 20.6. The summed E-state index contributed by atoms with van der Waals surface area (Å²) in [5.74, 6) is -0.156. The van der Waals surface area contributed by atoms with E-state index in [1.54, 1.807) is 0 Å². The minimum Gasteiger partial charge on any atom is -0.444 e. The van der Waals surface area contributed by atoms with Crippen molar-refractivity contribution in [3.05, 3.63) is 34.5 Å². The van der Waals surface area contributed by atoms with Gasteiger partial charge in [0.2, 0.25) is 0 Å². The summed E-state index contributed by atoms with van der Waals surface area (Å²) in [7, 11) is -2.13. The van der Waals surface area contributed by atoms with Crippen molar-refractivity contribution < 1.29 is 27.8 Å². The zero-order valence-corrected chi connectivity index (χ0v) is 31.4. The highest BCUT2D eigenvalue weighted by Crippen LogP contribution is 2.64. The normalized spacial score (nSPS) is 26.5. The van der Waals surface area contributed by atoms with Crippen LogP contribution in [0.4, 0.5) is 9.18 Å². The van der Waals surface area contributed by atoms with Crippen LogP contribution in [0.2, 0.25) is 23.3 Å². The number of ether oxygens (including phenoxy) is 3. The summed E-state index contributed by atoms with van der Waals surface area (Å²) < 4.78 is 43.5. The highest BCUT2D eigenvalue weighted by molar-refractivity contribution is 6.74. The number of likely N-dealkylation sites (tertiary alicyclic amines) is 1. The minimum atomic E-state index is -2.13. The monoisotopic (exact) mass is 689 g/mol. The predicted octanol–water partition coefficient (Wildman–Crippen LogP) is 9.21. The molecular weight excluding hydrogens is 637 g/mol. The van der Waals surface area contributed by atoms with Crippen molar-refractivity contribution >= 4 is 42.5 Å². The predicted molar refractivity (Wildman–Crippen MR) is 186 cm³/mol. The molecule has 1 unspecified atom stereocenters.